The van der Waals surface area contributed by atoms with Gasteiger partial charge in [0.2, 0.25) is 0 Å². The lowest BCUT2D eigenvalue weighted by atomic mass is 9.49. The molecular weight excluding hydrogens is 330 g/mol. The Morgan fingerprint density at radius 1 is 1.04 bits per heavy atom. The summed E-state index contributed by atoms with van der Waals surface area (Å²) >= 11 is 0. The molecule has 1 aromatic rings. The van der Waals surface area contributed by atoms with Crippen molar-refractivity contribution in [3.63, 3.8) is 0 Å². The lowest BCUT2D eigenvalue weighted by Gasteiger charge is -2.55. The van der Waals surface area contributed by atoms with E-state index in [0.717, 1.165) is 30.6 Å². The summed E-state index contributed by atoms with van der Waals surface area (Å²) in [6.45, 7) is 0.231. The summed E-state index contributed by atoms with van der Waals surface area (Å²) in [6, 6.07) is 7.52. The number of carbonyl (C=O) groups excluding carboxylic acids is 2. The van der Waals surface area contributed by atoms with Crippen molar-refractivity contribution in [1.82, 2.24) is 5.32 Å². The summed E-state index contributed by atoms with van der Waals surface area (Å²) in [4.78, 5) is 24.8. The second kappa shape index (κ2) is 6.93. The zero-order valence-electron chi connectivity index (χ0n) is 15.3. The maximum absolute atomic E-state index is 12.7. The molecule has 4 aliphatic carbocycles. The molecule has 5 heteroatoms. The first-order chi connectivity index (χ1) is 12.6. The molecule has 140 valence electrons. The van der Waals surface area contributed by atoms with Gasteiger partial charge >= 0.3 is 5.97 Å². The van der Waals surface area contributed by atoms with Crippen LogP contribution in [0.3, 0.4) is 0 Å². The van der Waals surface area contributed by atoms with Crippen LogP contribution in [0, 0.1) is 23.2 Å². The van der Waals surface area contributed by atoms with E-state index in [1.807, 2.05) is 24.3 Å². The van der Waals surface area contributed by atoms with Gasteiger partial charge in [-0.05, 0) is 74.0 Å². The Morgan fingerprint density at radius 3 is 2.15 bits per heavy atom. The summed E-state index contributed by atoms with van der Waals surface area (Å²) in [5.41, 5.74) is 0.678. The third kappa shape index (κ3) is 3.44. The zero-order chi connectivity index (χ0) is 18.1. The second-order valence-corrected chi connectivity index (χ2v) is 8.40. The minimum absolute atomic E-state index is 0.142. The predicted molar refractivity (Wildman–Crippen MR) is 96.4 cm³/mol. The summed E-state index contributed by atoms with van der Waals surface area (Å²) in [5, 5.41) is 2.81. The number of hydrogen-bond acceptors (Lipinski definition) is 4. The first kappa shape index (κ1) is 17.4. The highest BCUT2D eigenvalue weighted by atomic mass is 16.5. The molecule has 1 aromatic carbocycles. The Labute approximate surface area is 154 Å². The zero-order valence-corrected chi connectivity index (χ0v) is 15.3. The van der Waals surface area contributed by atoms with Crippen molar-refractivity contribution in [3.8, 4) is 5.75 Å². The average Bonchev–Trinajstić information content (AvgIpc) is 2.63. The molecule has 5 nitrogen and oxygen atoms in total. The minimum atomic E-state index is -0.301. The lowest BCUT2D eigenvalue weighted by molar-refractivity contribution is -0.173. The number of amides is 1. The van der Waals surface area contributed by atoms with E-state index in [-0.39, 0.29) is 23.9 Å². The van der Waals surface area contributed by atoms with E-state index in [9.17, 15) is 9.59 Å². The van der Waals surface area contributed by atoms with Crippen LogP contribution >= 0.6 is 0 Å². The van der Waals surface area contributed by atoms with E-state index in [1.165, 1.54) is 19.3 Å². The van der Waals surface area contributed by atoms with E-state index in [1.54, 1.807) is 7.11 Å². The monoisotopic (exact) mass is 357 g/mol. The van der Waals surface area contributed by atoms with E-state index in [2.05, 4.69) is 5.32 Å². The Bertz CT molecular complexity index is 646. The van der Waals surface area contributed by atoms with Gasteiger partial charge in [0, 0.05) is 6.54 Å². The molecule has 0 heterocycles. The van der Waals surface area contributed by atoms with Gasteiger partial charge in [-0.3, -0.25) is 9.59 Å². The number of rotatable bonds is 6. The fourth-order valence-electron chi connectivity index (χ4n) is 5.64. The molecule has 4 aliphatic rings. The Morgan fingerprint density at radius 2 is 1.62 bits per heavy atom. The van der Waals surface area contributed by atoms with Crippen LogP contribution in [0.25, 0.3) is 0 Å². The van der Waals surface area contributed by atoms with Gasteiger partial charge in [0.15, 0.2) is 6.61 Å². The van der Waals surface area contributed by atoms with Crippen molar-refractivity contribution < 1.29 is 19.1 Å². The van der Waals surface area contributed by atoms with Crippen LogP contribution in [0.4, 0.5) is 0 Å². The van der Waals surface area contributed by atoms with Gasteiger partial charge in [-0.2, -0.15) is 0 Å². The molecule has 5 rings (SSSR count). The number of esters is 1. The number of carbonyl (C=O) groups is 2. The summed E-state index contributed by atoms with van der Waals surface area (Å²) in [7, 11) is 1.62. The van der Waals surface area contributed by atoms with Gasteiger partial charge < -0.3 is 14.8 Å². The van der Waals surface area contributed by atoms with Gasteiger partial charge in [0.25, 0.3) is 5.91 Å². The first-order valence-electron chi connectivity index (χ1n) is 9.63. The molecule has 4 bridgehead atoms. The maximum atomic E-state index is 12.7. The smallest absolute Gasteiger partial charge is 0.312 e. The van der Waals surface area contributed by atoms with Gasteiger partial charge in [-0.1, -0.05) is 12.1 Å². The number of hydrogen-bond donors (Lipinski definition) is 1. The second-order valence-electron chi connectivity index (χ2n) is 8.40. The Hall–Kier alpha value is -2.04. The fraction of sp³-hybridized carbons (Fsp3) is 0.619. The van der Waals surface area contributed by atoms with Crippen molar-refractivity contribution >= 4 is 11.9 Å². The van der Waals surface area contributed by atoms with Crippen LogP contribution in [-0.4, -0.2) is 25.6 Å². The van der Waals surface area contributed by atoms with E-state index >= 15 is 0 Å². The molecule has 0 atom stereocenters. The summed E-state index contributed by atoms with van der Waals surface area (Å²) in [5.74, 6) is 2.47. The van der Waals surface area contributed by atoms with Gasteiger partial charge in [-0.25, -0.2) is 0 Å². The third-order valence-corrected chi connectivity index (χ3v) is 6.45. The molecule has 0 saturated heterocycles. The van der Waals surface area contributed by atoms with Crippen LogP contribution in [0.15, 0.2) is 24.3 Å². The topological polar surface area (TPSA) is 64.6 Å². The first-order valence-corrected chi connectivity index (χ1v) is 9.63. The van der Waals surface area contributed by atoms with E-state index in [0.29, 0.717) is 24.3 Å². The molecule has 0 aliphatic heterocycles. The molecule has 0 spiro atoms. The number of benzene rings is 1. The molecule has 4 fully saturated rings. The summed E-state index contributed by atoms with van der Waals surface area (Å²) < 4.78 is 10.6. The standard InChI is InChI=1S/C21H27NO4/c1-25-18-4-2-14(3-5-18)12-22-19(23)13-26-20(24)21-9-15-6-16(10-21)8-17(7-15)11-21/h2-5,15-17H,6-13H2,1H3,(H,22,23). The van der Waals surface area contributed by atoms with Gasteiger partial charge in [0.05, 0.1) is 12.5 Å². The molecule has 1 amide bonds. The third-order valence-electron chi connectivity index (χ3n) is 6.45. The molecular formula is C21H27NO4. The molecule has 4 saturated carbocycles. The number of methoxy groups -OCH3 is 1. The van der Waals surface area contributed by atoms with Crippen molar-refractivity contribution in [2.45, 2.75) is 45.1 Å². The predicted octanol–water partition coefficient (Wildman–Crippen LogP) is 3.07. The van der Waals surface area contributed by atoms with Crippen LogP contribution in [0.2, 0.25) is 0 Å². The molecule has 0 unspecified atom stereocenters. The van der Waals surface area contributed by atoms with Crippen LogP contribution < -0.4 is 10.1 Å². The Balaban J connectivity index is 1.26. The maximum Gasteiger partial charge on any atom is 0.312 e. The minimum Gasteiger partial charge on any atom is -0.497 e. The van der Waals surface area contributed by atoms with Gasteiger partial charge in [0.1, 0.15) is 5.75 Å². The lowest BCUT2D eigenvalue weighted by Crippen LogP contribution is -2.51. The van der Waals surface area contributed by atoms with Crippen LogP contribution in [-0.2, 0) is 20.9 Å². The van der Waals surface area contributed by atoms with Crippen molar-refractivity contribution in [1.29, 1.82) is 0 Å². The average molecular weight is 357 g/mol. The van der Waals surface area contributed by atoms with Crippen molar-refractivity contribution in [2.75, 3.05) is 13.7 Å². The Kier molecular flexibility index (Phi) is 4.63. The van der Waals surface area contributed by atoms with Gasteiger partial charge in [-0.15, -0.1) is 0 Å². The molecule has 0 aromatic heterocycles. The molecule has 0 radical (unpaired) electrons. The highest BCUT2D eigenvalue weighted by molar-refractivity contribution is 5.83. The van der Waals surface area contributed by atoms with E-state index < -0.39 is 0 Å². The van der Waals surface area contributed by atoms with Crippen molar-refractivity contribution in [3.05, 3.63) is 29.8 Å². The fourth-order valence-corrected chi connectivity index (χ4v) is 5.64. The highest BCUT2D eigenvalue weighted by Gasteiger charge is 2.55. The summed E-state index contributed by atoms with van der Waals surface area (Å²) in [6.07, 6.45) is 6.75. The molecule has 1 N–H and O–H groups in total. The van der Waals surface area contributed by atoms with Crippen LogP contribution in [0.1, 0.15) is 44.1 Å². The largest absolute Gasteiger partial charge is 0.497 e. The normalized spacial score (nSPS) is 31.5. The molecule has 26 heavy (non-hydrogen) atoms. The SMILES string of the molecule is COc1ccc(CNC(=O)COC(=O)C23CC4CC(CC(C4)C2)C3)cc1. The van der Waals surface area contributed by atoms with Crippen LogP contribution in [0.5, 0.6) is 5.75 Å². The number of ether oxygens (including phenoxy) is 2. The highest BCUT2D eigenvalue weighted by Crippen LogP contribution is 2.60. The van der Waals surface area contributed by atoms with Crippen molar-refractivity contribution in [2.24, 2.45) is 23.2 Å². The number of nitrogens with one attached hydrogen (secondary N) is 1. The van der Waals surface area contributed by atoms with E-state index in [4.69, 9.17) is 9.47 Å². The quantitative estimate of drug-likeness (QED) is 0.795.